The quantitative estimate of drug-likeness (QED) is 0.848. The van der Waals surface area contributed by atoms with Crippen LogP contribution in [0.5, 0.6) is 5.75 Å². The molecule has 0 spiro atoms. The first kappa shape index (κ1) is 11.4. The molecule has 0 saturated heterocycles. The van der Waals surface area contributed by atoms with E-state index in [1.54, 1.807) is 14.2 Å². The molecular formula is C13H19NO2. The van der Waals surface area contributed by atoms with Gasteiger partial charge in [-0.05, 0) is 25.3 Å². The fourth-order valence-corrected chi connectivity index (χ4v) is 2.37. The fraction of sp³-hybridized carbons (Fsp3) is 0.538. The summed E-state index contributed by atoms with van der Waals surface area (Å²) in [4.78, 5) is 0. The van der Waals surface area contributed by atoms with Gasteiger partial charge in [0.05, 0.1) is 18.8 Å². The minimum Gasteiger partial charge on any atom is -0.496 e. The smallest absolute Gasteiger partial charge is 0.123 e. The molecular weight excluding hydrogens is 202 g/mol. The summed E-state index contributed by atoms with van der Waals surface area (Å²) >= 11 is 0. The molecule has 1 aliphatic carbocycles. The molecule has 0 radical (unpaired) electrons. The number of para-hydroxylation sites is 1. The van der Waals surface area contributed by atoms with E-state index in [0.717, 1.165) is 24.2 Å². The van der Waals surface area contributed by atoms with Crippen molar-refractivity contribution >= 4 is 0 Å². The predicted octanol–water partition coefficient (Wildman–Crippen LogP) is 2.26. The Morgan fingerprint density at radius 2 is 1.94 bits per heavy atom. The first-order valence-electron chi connectivity index (χ1n) is 5.67. The van der Waals surface area contributed by atoms with E-state index in [1.807, 2.05) is 24.3 Å². The van der Waals surface area contributed by atoms with Crippen LogP contribution in [0, 0.1) is 0 Å². The predicted molar refractivity (Wildman–Crippen MR) is 63.5 cm³/mol. The summed E-state index contributed by atoms with van der Waals surface area (Å²) in [6.45, 7) is 0. The molecule has 16 heavy (non-hydrogen) atoms. The largest absolute Gasteiger partial charge is 0.496 e. The van der Waals surface area contributed by atoms with E-state index < -0.39 is 0 Å². The van der Waals surface area contributed by atoms with Gasteiger partial charge in [-0.25, -0.2) is 0 Å². The van der Waals surface area contributed by atoms with Crippen LogP contribution >= 0.6 is 0 Å². The maximum Gasteiger partial charge on any atom is 0.123 e. The number of rotatable bonds is 4. The van der Waals surface area contributed by atoms with Crippen LogP contribution in [0.15, 0.2) is 24.3 Å². The van der Waals surface area contributed by atoms with Crippen LogP contribution in [0.25, 0.3) is 0 Å². The molecule has 1 aromatic rings. The van der Waals surface area contributed by atoms with Gasteiger partial charge >= 0.3 is 0 Å². The molecule has 3 heteroatoms. The van der Waals surface area contributed by atoms with E-state index in [0.29, 0.717) is 0 Å². The monoisotopic (exact) mass is 221 g/mol. The lowest BCUT2D eigenvalue weighted by Crippen LogP contribution is -2.48. The molecule has 0 aromatic heterocycles. The highest BCUT2D eigenvalue weighted by Crippen LogP contribution is 2.45. The summed E-state index contributed by atoms with van der Waals surface area (Å²) in [5.41, 5.74) is 7.17. The molecule has 1 aromatic carbocycles. The minimum atomic E-state index is -0.186. The van der Waals surface area contributed by atoms with Crippen molar-refractivity contribution < 1.29 is 9.47 Å². The maximum absolute atomic E-state index is 6.32. The lowest BCUT2D eigenvalue weighted by atomic mass is 9.72. The van der Waals surface area contributed by atoms with E-state index in [-0.39, 0.29) is 11.6 Å². The zero-order chi connectivity index (χ0) is 11.6. The number of hydrogen-bond acceptors (Lipinski definition) is 3. The minimum absolute atomic E-state index is 0.109. The topological polar surface area (TPSA) is 44.5 Å². The number of hydrogen-bond donors (Lipinski definition) is 1. The van der Waals surface area contributed by atoms with Crippen LogP contribution in [0.2, 0.25) is 0 Å². The normalized spacial score (nSPS) is 19.9. The first-order valence-corrected chi connectivity index (χ1v) is 5.67. The lowest BCUT2D eigenvalue weighted by Gasteiger charge is -2.45. The highest BCUT2D eigenvalue weighted by atomic mass is 16.5. The van der Waals surface area contributed by atoms with E-state index in [4.69, 9.17) is 15.2 Å². The zero-order valence-corrected chi connectivity index (χ0v) is 9.90. The molecule has 0 bridgehead atoms. The second-order valence-corrected chi connectivity index (χ2v) is 4.34. The summed E-state index contributed by atoms with van der Waals surface area (Å²) in [6, 6.07) is 7.79. The van der Waals surface area contributed by atoms with Crippen molar-refractivity contribution in [3.05, 3.63) is 29.8 Å². The van der Waals surface area contributed by atoms with Crippen molar-refractivity contribution in [2.75, 3.05) is 14.2 Å². The summed E-state index contributed by atoms with van der Waals surface area (Å²) in [6.07, 6.45) is 3.25. The van der Waals surface area contributed by atoms with Crippen LogP contribution in [-0.2, 0) is 4.74 Å². The number of methoxy groups -OCH3 is 2. The zero-order valence-electron chi connectivity index (χ0n) is 9.90. The third-order valence-electron chi connectivity index (χ3n) is 3.65. The molecule has 1 aliphatic rings. The third-order valence-corrected chi connectivity index (χ3v) is 3.65. The van der Waals surface area contributed by atoms with Crippen LogP contribution in [0.1, 0.15) is 30.9 Å². The Hall–Kier alpha value is -1.06. The highest BCUT2D eigenvalue weighted by molar-refractivity contribution is 5.37. The number of ether oxygens (including phenoxy) is 2. The van der Waals surface area contributed by atoms with E-state index in [9.17, 15) is 0 Å². The SMILES string of the molecule is COc1ccccc1C(N)C1(OC)CCC1. The Morgan fingerprint density at radius 1 is 1.25 bits per heavy atom. The summed E-state index contributed by atoms with van der Waals surface area (Å²) in [7, 11) is 3.42. The van der Waals surface area contributed by atoms with E-state index in [2.05, 4.69) is 0 Å². The number of benzene rings is 1. The Balaban J connectivity index is 2.29. The maximum atomic E-state index is 6.32. The van der Waals surface area contributed by atoms with Crippen molar-refractivity contribution in [1.82, 2.24) is 0 Å². The van der Waals surface area contributed by atoms with Gasteiger partial charge in [-0.15, -0.1) is 0 Å². The van der Waals surface area contributed by atoms with Gasteiger partial charge in [-0.1, -0.05) is 18.2 Å². The summed E-state index contributed by atoms with van der Waals surface area (Å²) < 4.78 is 10.9. The molecule has 0 amide bonds. The van der Waals surface area contributed by atoms with Gasteiger partial charge in [0, 0.05) is 12.7 Å². The molecule has 1 atom stereocenters. The highest BCUT2D eigenvalue weighted by Gasteiger charge is 2.44. The lowest BCUT2D eigenvalue weighted by molar-refractivity contribution is -0.0915. The van der Waals surface area contributed by atoms with Crippen molar-refractivity contribution in [2.45, 2.75) is 30.9 Å². The molecule has 1 unspecified atom stereocenters. The first-order chi connectivity index (χ1) is 7.73. The molecule has 0 heterocycles. The van der Waals surface area contributed by atoms with E-state index >= 15 is 0 Å². The molecule has 1 saturated carbocycles. The Bertz CT molecular complexity index is 355. The van der Waals surface area contributed by atoms with Crippen molar-refractivity contribution in [3.63, 3.8) is 0 Å². The van der Waals surface area contributed by atoms with Gasteiger partial charge < -0.3 is 15.2 Å². The summed E-state index contributed by atoms with van der Waals surface area (Å²) in [5.74, 6) is 0.846. The third kappa shape index (κ3) is 1.70. The van der Waals surface area contributed by atoms with Crippen LogP contribution in [0.4, 0.5) is 0 Å². The van der Waals surface area contributed by atoms with Crippen LogP contribution in [-0.4, -0.2) is 19.8 Å². The second-order valence-electron chi connectivity index (χ2n) is 4.34. The van der Waals surface area contributed by atoms with Crippen LogP contribution in [0.3, 0.4) is 0 Å². The van der Waals surface area contributed by atoms with Crippen LogP contribution < -0.4 is 10.5 Å². The fourth-order valence-electron chi connectivity index (χ4n) is 2.37. The number of nitrogens with two attached hydrogens (primary N) is 1. The molecule has 88 valence electrons. The van der Waals surface area contributed by atoms with Gasteiger partial charge in [0.1, 0.15) is 5.75 Å². The van der Waals surface area contributed by atoms with Crippen molar-refractivity contribution in [3.8, 4) is 5.75 Å². The Labute approximate surface area is 96.5 Å². The average Bonchev–Trinajstić information content (AvgIpc) is 2.28. The molecule has 1 fully saturated rings. The molecule has 2 N–H and O–H groups in total. The van der Waals surface area contributed by atoms with Gasteiger partial charge in [0.2, 0.25) is 0 Å². The van der Waals surface area contributed by atoms with Gasteiger partial charge in [0.15, 0.2) is 0 Å². The Morgan fingerprint density at radius 3 is 2.44 bits per heavy atom. The molecule has 2 rings (SSSR count). The molecule has 0 aliphatic heterocycles. The second kappa shape index (κ2) is 4.44. The molecule has 3 nitrogen and oxygen atoms in total. The standard InChI is InChI=1S/C13H19NO2/c1-15-11-7-4-3-6-10(11)12(14)13(16-2)8-5-9-13/h3-4,6-7,12H,5,8-9,14H2,1-2H3. The van der Waals surface area contributed by atoms with Gasteiger partial charge in [0.25, 0.3) is 0 Å². The van der Waals surface area contributed by atoms with Gasteiger partial charge in [-0.3, -0.25) is 0 Å². The average molecular weight is 221 g/mol. The van der Waals surface area contributed by atoms with E-state index in [1.165, 1.54) is 6.42 Å². The Kier molecular flexibility index (Phi) is 3.17. The summed E-state index contributed by atoms with van der Waals surface area (Å²) in [5, 5.41) is 0. The van der Waals surface area contributed by atoms with Crippen molar-refractivity contribution in [2.24, 2.45) is 5.73 Å². The van der Waals surface area contributed by atoms with Gasteiger partial charge in [-0.2, -0.15) is 0 Å². The van der Waals surface area contributed by atoms with Crippen molar-refractivity contribution in [1.29, 1.82) is 0 Å².